The summed E-state index contributed by atoms with van der Waals surface area (Å²) in [5.41, 5.74) is 6.27. The Morgan fingerprint density at radius 3 is 2.83 bits per heavy atom. The molecule has 1 aromatic carbocycles. The number of nitrogens with zero attached hydrogens (tertiary/aromatic N) is 1. The normalized spacial score (nSPS) is 16.1. The highest BCUT2D eigenvalue weighted by Crippen LogP contribution is 2.20. The molecule has 0 atom stereocenters. The van der Waals surface area contributed by atoms with Gasteiger partial charge in [-0.15, -0.1) is 0 Å². The van der Waals surface area contributed by atoms with E-state index in [2.05, 4.69) is 0 Å². The fourth-order valence-corrected chi connectivity index (χ4v) is 1.74. The number of aromatic hydroxyl groups is 1. The molecule has 0 spiro atoms. The van der Waals surface area contributed by atoms with E-state index in [0.717, 1.165) is 13.1 Å². The number of anilines is 1. The molecular formula is C13H16N2O3. The first-order chi connectivity index (χ1) is 8.66. The fourth-order valence-electron chi connectivity index (χ4n) is 1.74. The van der Waals surface area contributed by atoms with Gasteiger partial charge >= 0.3 is 0 Å². The summed E-state index contributed by atoms with van der Waals surface area (Å²) in [4.78, 5) is 13.9. The zero-order valence-electron chi connectivity index (χ0n) is 10.0. The lowest BCUT2D eigenvalue weighted by Crippen LogP contribution is -2.32. The number of allylic oxidation sites excluding steroid dienone is 1. The molecule has 0 bridgehead atoms. The molecule has 1 saturated heterocycles. The summed E-state index contributed by atoms with van der Waals surface area (Å²) < 4.78 is 5.21. The standard InChI is InChI=1S/C13H16N2O3/c14-10-1-2-12(16)11(9-10)13(17)3-4-15-5-7-18-8-6-15/h1-4,9,16H,5-8,14H2. The van der Waals surface area contributed by atoms with E-state index < -0.39 is 0 Å². The second kappa shape index (κ2) is 5.55. The predicted molar refractivity (Wildman–Crippen MR) is 68.4 cm³/mol. The number of nitrogen functional groups attached to an aromatic ring is 1. The van der Waals surface area contributed by atoms with Crippen LogP contribution >= 0.6 is 0 Å². The molecule has 1 fully saturated rings. The number of morpholine rings is 1. The Morgan fingerprint density at radius 2 is 2.11 bits per heavy atom. The molecule has 0 unspecified atom stereocenters. The summed E-state index contributed by atoms with van der Waals surface area (Å²) in [6, 6.07) is 4.45. The van der Waals surface area contributed by atoms with E-state index in [9.17, 15) is 9.90 Å². The van der Waals surface area contributed by atoms with Crippen LogP contribution in [0.5, 0.6) is 5.75 Å². The van der Waals surface area contributed by atoms with Crippen LogP contribution in [0.1, 0.15) is 10.4 Å². The second-order valence-corrected chi connectivity index (χ2v) is 4.10. The van der Waals surface area contributed by atoms with Crippen LogP contribution in [0.3, 0.4) is 0 Å². The molecule has 1 aromatic rings. The molecule has 0 aliphatic carbocycles. The highest BCUT2D eigenvalue weighted by molar-refractivity contribution is 6.06. The molecule has 1 aliphatic rings. The van der Waals surface area contributed by atoms with Gasteiger partial charge in [0.05, 0.1) is 18.8 Å². The van der Waals surface area contributed by atoms with Crippen LogP contribution in [0.25, 0.3) is 0 Å². The van der Waals surface area contributed by atoms with Crippen LogP contribution in [0.2, 0.25) is 0 Å². The van der Waals surface area contributed by atoms with Gasteiger partial charge in [-0.3, -0.25) is 4.79 Å². The second-order valence-electron chi connectivity index (χ2n) is 4.10. The molecule has 0 aromatic heterocycles. The van der Waals surface area contributed by atoms with Crippen LogP contribution < -0.4 is 5.73 Å². The van der Waals surface area contributed by atoms with Crippen molar-refractivity contribution in [1.82, 2.24) is 4.90 Å². The van der Waals surface area contributed by atoms with Crippen molar-refractivity contribution in [1.29, 1.82) is 0 Å². The molecule has 1 aliphatic heterocycles. The number of nitrogens with two attached hydrogens (primary N) is 1. The first kappa shape index (κ1) is 12.4. The van der Waals surface area contributed by atoms with Crippen molar-refractivity contribution in [3.8, 4) is 5.75 Å². The molecule has 0 amide bonds. The molecule has 96 valence electrons. The monoisotopic (exact) mass is 248 g/mol. The zero-order chi connectivity index (χ0) is 13.0. The van der Waals surface area contributed by atoms with E-state index >= 15 is 0 Å². The maximum Gasteiger partial charge on any atom is 0.191 e. The van der Waals surface area contributed by atoms with Gasteiger partial charge in [-0.05, 0) is 18.2 Å². The Kier molecular flexibility index (Phi) is 3.84. The van der Waals surface area contributed by atoms with Crippen molar-refractivity contribution in [3.05, 3.63) is 36.0 Å². The molecule has 0 radical (unpaired) electrons. The van der Waals surface area contributed by atoms with Gasteiger partial charge in [0.2, 0.25) is 0 Å². The smallest absolute Gasteiger partial charge is 0.191 e. The number of hydrogen-bond acceptors (Lipinski definition) is 5. The van der Waals surface area contributed by atoms with Crippen molar-refractivity contribution < 1.29 is 14.6 Å². The van der Waals surface area contributed by atoms with E-state index in [1.165, 1.54) is 18.2 Å². The minimum Gasteiger partial charge on any atom is -0.507 e. The highest BCUT2D eigenvalue weighted by atomic mass is 16.5. The van der Waals surface area contributed by atoms with Crippen LogP contribution in [-0.4, -0.2) is 42.1 Å². The van der Waals surface area contributed by atoms with Crippen molar-refractivity contribution in [2.45, 2.75) is 0 Å². The fraction of sp³-hybridized carbons (Fsp3) is 0.308. The number of phenolic OH excluding ortho intramolecular Hbond substituents is 1. The topological polar surface area (TPSA) is 75.8 Å². The largest absolute Gasteiger partial charge is 0.507 e. The summed E-state index contributed by atoms with van der Waals surface area (Å²) in [7, 11) is 0. The summed E-state index contributed by atoms with van der Waals surface area (Å²) in [6.45, 7) is 2.88. The SMILES string of the molecule is Nc1ccc(O)c(C(=O)C=CN2CCOCC2)c1. The average molecular weight is 248 g/mol. The van der Waals surface area contributed by atoms with Crippen molar-refractivity contribution in [2.75, 3.05) is 32.0 Å². The summed E-state index contributed by atoms with van der Waals surface area (Å²) in [5.74, 6) is -0.313. The van der Waals surface area contributed by atoms with Gasteiger partial charge in [0.1, 0.15) is 5.75 Å². The molecule has 5 nitrogen and oxygen atoms in total. The first-order valence-electron chi connectivity index (χ1n) is 5.79. The maximum absolute atomic E-state index is 11.9. The number of ether oxygens (including phenoxy) is 1. The van der Waals surface area contributed by atoms with E-state index in [1.807, 2.05) is 4.90 Å². The third-order valence-electron chi connectivity index (χ3n) is 2.77. The van der Waals surface area contributed by atoms with Gasteiger partial charge in [-0.1, -0.05) is 0 Å². The minimum atomic E-state index is -0.258. The van der Waals surface area contributed by atoms with Crippen LogP contribution in [0.4, 0.5) is 5.69 Å². The number of ketones is 1. The van der Waals surface area contributed by atoms with E-state index in [4.69, 9.17) is 10.5 Å². The average Bonchev–Trinajstić information content (AvgIpc) is 2.40. The van der Waals surface area contributed by atoms with Gasteiger partial charge in [-0.2, -0.15) is 0 Å². The van der Waals surface area contributed by atoms with E-state index in [-0.39, 0.29) is 17.1 Å². The molecule has 5 heteroatoms. The number of carbonyl (C=O) groups excluding carboxylic acids is 1. The summed E-state index contributed by atoms with van der Waals surface area (Å²) >= 11 is 0. The lowest BCUT2D eigenvalue weighted by molar-refractivity contribution is 0.0591. The highest BCUT2D eigenvalue weighted by Gasteiger charge is 2.10. The van der Waals surface area contributed by atoms with Crippen LogP contribution in [0, 0.1) is 0 Å². The number of carbonyl (C=O) groups is 1. The molecule has 2 rings (SSSR count). The Bertz CT molecular complexity index is 465. The molecule has 1 heterocycles. The van der Waals surface area contributed by atoms with Crippen LogP contribution in [-0.2, 0) is 4.74 Å². The molecule has 18 heavy (non-hydrogen) atoms. The maximum atomic E-state index is 11.9. The lowest BCUT2D eigenvalue weighted by Gasteiger charge is -2.24. The number of hydrogen-bond donors (Lipinski definition) is 2. The number of rotatable bonds is 3. The number of phenols is 1. The van der Waals surface area contributed by atoms with Crippen LogP contribution in [0.15, 0.2) is 30.5 Å². The summed E-state index contributed by atoms with van der Waals surface area (Å²) in [6.07, 6.45) is 3.17. The third kappa shape index (κ3) is 3.01. The Hall–Kier alpha value is -2.01. The van der Waals surface area contributed by atoms with E-state index in [1.54, 1.807) is 12.3 Å². The molecule has 3 N–H and O–H groups in total. The van der Waals surface area contributed by atoms with Gasteiger partial charge in [0.15, 0.2) is 5.78 Å². The molecule has 0 saturated carbocycles. The van der Waals surface area contributed by atoms with Crippen molar-refractivity contribution >= 4 is 11.5 Å². The Morgan fingerprint density at radius 1 is 1.39 bits per heavy atom. The van der Waals surface area contributed by atoms with Crippen molar-refractivity contribution in [2.24, 2.45) is 0 Å². The van der Waals surface area contributed by atoms with Gasteiger partial charge in [0, 0.05) is 31.1 Å². The summed E-state index contributed by atoms with van der Waals surface area (Å²) in [5, 5.41) is 9.60. The van der Waals surface area contributed by atoms with Gasteiger partial charge in [-0.25, -0.2) is 0 Å². The Balaban J connectivity index is 2.06. The third-order valence-corrected chi connectivity index (χ3v) is 2.77. The zero-order valence-corrected chi connectivity index (χ0v) is 10.0. The number of benzene rings is 1. The first-order valence-corrected chi connectivity index (χ1v) is 5.79. The predicted octanol–water partition coefficient (Wildman–Crippen LogP) is 1.00. The Labute approximate surface area is 105 Å². The van der Waals surface area contributed by atoms with Crippen molar-refractivity contribution in [3.63, 3.8) is 0 Å². The quantitative estimate of drug-likeness (QED) is 0.361. The van der Waals surface area contributed by atoms with Gasteiger partial charge < -0.3 is 20.5 Å². The lowest BCUT2D eigenvalue weighted by atomic mass is 10.1. The van der Waals surface area contributed by atoms with Gasteiger partial charge in [0.25, 0.3) is 0 Å². The molecular weight excluding hydrogens is 232 g/mol. The minimum absolute atomic E-state index is 0.0548. The van der Waals surface area contributed by atoms with E-state index in [0.29, 0.717) is 18.9 Å².